The first kappa shape index (κ1) is 10.1. The Balaban J connectivity index is 1.92. The molecule has 1 aliphatic heterocycles. The molecule has 1 aromatic carbocycles. The van der Waals surface area contributed by atoms with Crippen LogP contribution in [0.4, 0.5) is 0 Å². The van der Waals surface area contributed by atoms with Crippen molar-refractivity contribution in [3.05, 3.63) is 41.5 Å². The minimum Gasteiger partial charge on any atom is -0.564 e. The van der Waals surface area contributed by atoms with Gasteiger partial charge in [0.25, 0.3) is 0 Å². The van der Waals surface area contributed by atoms with E-state index in [0.717, 1.165) is 6.42 Å². The van der Waals surface area contributed by atoms with Gasteiger partial charge in [-0.1, -0.05) is 37.3 Å². The van der Waals surface area contributed by atoms with E-state index in [0.29, 0.717) is 6.54 Å². The summed E-state index contributed by atoms with van der Waals surface area (Å²) >= 11 is 0. The van der Waals surface area contributed by atoms with Gasteiger partial charge < -0.3 is 15.4 Å². The topological polar surface area (TPSA) is 50.4 Å². The van der Waals surface area contributed by atoms with Gasteiger partial charge in [0.1, 0.15) is 0 Å². The Morgan fingerprint density at radius 2 is 2.20 bits per heavy atom. The van der Waals surface area contributed by atoms with Crippen molar-refractivity contribution in [1.29, 1.82) is 5.41 Å². The molecule has 0 aliphatic carbocycles. The van der Waals surface area contributed by atoms with Crippen molar-refractivity contribution in [2.24, 2.45) is 0 Å². The Morgan fingerprint density at radius 3 is 2.80 bits per heavy atom. The molecule has 2 rings (SSSR count). The van der Waals surface area contributed by atoms with Gasteiger partial charge in [0.05, 0.1) is 6.54 Å². The monoisotopic (exact) mass is 204 g/mol. The lowest BCUT2D eigenvalue weighted by molar-refractivity contribution is 0.243. The van der Waals surface area contributed by atoms with Gasteiger partial charge in [-0.3, -0.25) is 5.41 Å². The van der Waals surface area contributed by atoms with E-state index in [-0.39, 0.29) is 11.9 Å². The third kappa shape index (κ3) is 2.55. The molecule has 1 fully saturated rings. The summed E-state index contributed by atoms with van der Waals surface area (Å²) in [7, 11) is 0. The van der Waals surface area contributed by atoms with Crippen LogP contribution in [-0.2, 0) is 11.3 Å². The average Bonchev–Trinajstić information content (AvgIpc) is 2.66. The quantitative estimate of drug-likeness (QED) is 0.820. The SMILES string of the molecule is C[C@H](Cc1ccccc1)N1CC(=N)O[N-]1. The third-order valence-corrected chi connectivity index (χ3v) is 2.44. The Kier molecular flexibility index (Phi) is 2.99. The van der Waals surface area contributed by atoms with Gasteiger partial charge in [-0.05, 0) is 18.0 Å². The van der Waals surface area contributed by atoms with Crippen LogP contribution in [0.5, 0.6) is 0 Å². The largest absolute Gasteiger partial charge is 0.564 e. The molecule has 0 aromatic heterocycles. The molecular formula is C11H14N3O-. The van der Waals surface area contributed by atoms with Gasteiger partial charge in [0, 0.05) is 0 Å². The van der Waals surface area contributed by atoms with E-state index in [4.69, 9.17) is 10.2 Å². The van der Waals surface area contributed by atoms with Crippen LogP contribution >= 0.6 is 0 Å². The summed E-state index contributed by atoms with van der Waals surface area (Å²) in [6.07, 6.45) is 0.918. The fraction of sp³-hybridized carbons (Fsp3) is 0.364. The second kappa shape index (κ2) is 4.42. The number of hydrogen-bond donors (Lipinski definition) is 1. The minimum absolute atomic E-state index is 0.218. The molecule has 0 radical (unpaired) electrons. The van der Waals surface area contributed by atoms with Crippen LogP contribution in [-0.4, -0.2) is 23.5 Å². The Morgan fingerprint density at radius 1 is 1.47 bits per heavy atom. The molecule has 0 unspecified atom stereocenters. The molecular weight excluding hydrogens is 190 g/mol. The van der Waals surface area contributed by atoms with Crippen LogP contribution in [0.2, 0.25) is 0 Å². The first-order valence-electron chi connectivity index (χ1n) is 5.01. The minimum atomic E-state index is 0.218. The maximum atomic E-state index is 7.29. The summed E-state index contributed by atoms with van der Waals surface area (Å²) in [6, 6.07) is 10.5. The van der Waals surface area contributed by atoms with Crippen molar-refractivity contribution in [2.75, 3.05) is 6.54 Å². The van der Waals surface area contributed by atoms with E-state index in [9.17, 15) is 0 Å². The Bertz CT molecular complexity index is 339. The lowest BCUT2D eigenvalue weighted by Gasteiger charge is -2.32. The van der Waals surface area contributed by atoms with Crippen molar-refractivity contribution in [3.8, 4) is 0 Å². The highest BCUT2D eigenvalue weighted by molar-refractivity contribution is 5.77. The second-order valence-corrected chi connectivity index (χ2v) is 3.73. The van der Waals surface area contributed by atoms with Gasteiger partial charge in [-0.2, -0.15) is 0 Å². The summed E-state index contributed by atoms with van der Waals surface area (Å²) in [4.78, 5) is 4.76. The number of benzene rings is 1. The van der Waals surface area contributed by atoms with E-state index < -0.39 is 0 Å². The van der Waals surface area contributed by atoms with Gasteiger partial charge >= 0.3 is 0 Å². The maximum Gasteiger partial charge on any atom is 0.179 e. The number of nitrogens with zero attached hydrogens (tertiary/aromatic N) is 2. The van der Waals surface area contributed by atoms with E-state index in [1.807, 2.05) is 18.2 Å². The van der Waals surface area contributed by atoms with Crippen molar-refractivity contribution in [2.45, 2.75) is 19.4 Å². The van der Waals surface area contributed by atoms with Crippen LogP contribution in [0.1, 0.15) is 12.5 Å². The van der Waals surface area contributed by atoms with Crippen molar-refractivity contribution < 1.29 is 4.84 Å². The molecule has 0 bridgehead atoms. The number of hydrogen-bond acceptors (Lipinski definition) is 3. The zero-order valence-corrected chi connectivity index (χ0v) is 8.68. The van der Waals surface area contributed by atoms with E-state index in [1.165, 1.54) is 5.56 Å². The van der Waals surface area contributed by atoms with Gasteiger partial charge in [0.2, 0.25) is 0 Å². The molecule has 1 aromatic rings. The maximum absolute atomic E-state index is 7.29. The van der Waals surface area contributed by atoms with Crippen LogP contribution < -0.4 is 0 Å². The standard InChI is InChI=1S/C11H14N3O/c1-9(14-8-11(12)15-13-14)7-10-5-3-2-4-6-10/h2-6,9,12H,7-8H2,1H3/q-1/t9-/m1/s1. The molecule has 80 valence electrons. The van der Waals surface area contributed by atoms with Crippen LogP contribution in [0.3, 0.4) is 0 Å². The lowest BCUT2D eigenvalue weighted by atomic mass is 10.1. The molecule has 1 N–H and O–H groups in total. The summed E-state index contributed by atoms with van der Waals surface area (Å²) in [5.74, 6) is 0.218. The Hall–Kier alpha value is -1.39. The molecule has 1 heterocycles. The summed E-state index contributed by atoms with van der Waals surface area (Å²) in [6.45, 7) is 2.56. The fourth-order valence-electron chi connectivity index (χ4n) is 1.60. The molecule has 15 heavy (non-hydrogen) atoms. The highest BCUT2D eigenvalue weighted by Crippen LogP contribution is 2.17. The number of nitrogens with one attached hydrogen (secondary N) is 1. The molecule has 0 spiro atoms. The normalized spacial score (nSPS) is 18.9. The van der Waals surface area contributed by atoms with Crippen LogP contribution in [0, 0.1) is 5.41 Å². The van der Waals surface area contributed by atoms with Crippen molar-refractivity contribution in [3.63, 3.8) is 0 Å². The molecule has 1 atom stereocenters. The lowest BCUT2D eigenvalue weighted by Crippen LogP contribution is -2.29. The molecule has 0 saturated carbocycles. The van der Waals surface area contributed by atoms with Gasteiger partial charge in [0.15, 0.2) is 5.90 Å². The average molecular weight is 204 g/mol. The van der Waals surface area contributed by atoms with Crippen molar-refractivity contribution in [1.82, 2.24) is 5.01 Å². The second-order valence-electron chi connectivity index (χ2n) is 3.73. The smallest absolute Gasteiger partial charge is 0.179 e. The summed E-state index contributed by atoms with van der Waals surface area (Å²) in [5, 5.41) is 9.10. The highest BCUT2D eigenvalue weighted by Gasteiger charge is 2.13. The zero-order chi connectivity index (χ0) is 10.7. The van der Waals surface area contributed by atoms with Crippen LogP contribution in [0.25, 0.3) is 5.59 Å². The number of rotatable bonds is 3. The predicted molar refractivity (Wildman–Crippen MR) is 58.5 cm³/mol. The first-order valence-corrected chi connectivity index (χ1v) is 5.01. The molecule has 0 amide bonds. The highest BCUT2D eigenvalue weighted by atomic mass is 16.7. The predicted octanol–water partition coefficient (Wildman–Crippen LogP) is 2.13. The first-order chi connectivity index (χ1) is 7.25. The molecule has 1 aliphatic rings. The fourth-order valence-corrected chi connectivity index (χ4v) is 1.60. The van der Waals surface area contributed by atoms with E-state index in [1.54, 1.807) is 5.01 Å². The van der Waals surface area contributed by atoms with Gasteiger partial charge in [-0.15, -0.1) is 0 Å². The van der Waals surface area contributed by atoms with E-state index in [2.05, 4.69) is 24.6 Å². The third-order valence-electron chi connectivity index (χ3n) is 2.44. The van der Waals surface area contributed by atoms with Crippen molar-refractivity contribution >= 4 is 5.90 Å². The Labute approximate surface area is 89.3 Å². The van der Waals surface area contributed by atoms with Gasteiger partial charge in [-0.25, -0.2) is 0 Å². The van der Waals surface area contributed by atoms with Crippen LogP contribution in [0.15, 0.2) is 30.3 Å². The molecule has 4 heteroatoms. The molecule has 1 saturated heterocycles. The zero-order valence-electron chi connectivity index (χ0n) is 8.68. The summed E-state index contributed by atoms with van der Waals surface area (Å²) < 4.78 is 0. The molecule has 4 nitrogen and oxygen atoms in total. The van der Waals surface area contributed by atoms with E-state index >= 15 is 0 Å². The summed E-state index contributed by atoms with van der Waals surface area (Å²) in [5.41, 5.74) is 5.10.